The van der Waals surface area contributed by atoms with Crippen LogP contribution in [0.1, 0.15) is 23.2 Å². The number of aryl methyl sites for hydroxylation is 1. The number of rotatable bonds is 7. The van der Waals surface area contributed by atoms with E-state index in [0.717, 1.165) is 34.5 Å². The number of hydrogen-bond acceptors (Lipinski definition) is 5. The van der Waals surface area contributed by atoms with Gasteiger partial charge >= 0.3 is 0 Å². The van der Waals surface area contributed by atoms with Gasteiger partial charge < -0.3 is 5.32 Å². The normalized spacial score (nSPS) is 11.8. The lowest BCUT2D eigenvalue weighted by Gasteiger charge is -2.12. The Morgan fingerprint density at radius 3 is 2.61 bits per heavy atom. The van der Waals surface area contributed by atoms with E-state index < -0.39 is 0 Å². The molecule has 31 heavy (non-hydrogen) atoms. The largest absolute Gasteiger partial charge is 0.352 e. The van der Waals surface area contributed by atoms with E-state index in [9.17, 15) is 4.79 Å². The van der Waals surface area contributed by atoms with Crippen molar-refractivity contribution in [1.82, 2.24) is 20.3 Å². The van der Waals surface area contributed by atoms with E-state index in [1.54, 1.807) is 17.5 Å². The van der Waals surface area contributed by atoms with Crippen molar-refractivity contribution in [3.8, 4) is 22.5 Å². The molecule has 4 aromatic rings. The summed E-state index contributed by atoms with van der Waals surface area (Å²) >= 11 is 1.69. The van der Waals surface area contributed by atoms with Crippen molar-refractivity contribution in [2.75, 3.05) is 0 Å². The molecule has 3 aromatic heterocycles. The third-order valence-corrected chi connectivity index (χ3v) is 5.98. The molecule has 156 valence electrons. The van der Waals surface area contributed by atoms with Gasteiger partial charge in [-0.05, 0) is 42.5 Å². The molecule has 0 radical (unpaired) electrons. The van der Waals surface area contributed by atoms with E-state index in [0.29, 0.717) is 12.4 Å². The zero-order valence-corrected chi connectivity index (χ0v) is 18.4. The smallest absolute Gasteiger partial charge is 0.223 e. The molecule has 0 aliphatic heterocycles. The first-order chi connectivity index (χ1) is 15.1. The summed E-state index contributed by atoms with van der Waals surface area (Å²) in [5.41, 5.74) is 4.63. The minimum atomic E-state index is -0.0529. The number of nitrogens with zero attached hydrogens (tertiary/aromatic N) is 3. The molecule has 1 amide bonds. The summed E-state index contributed by atoms with van der Waals surface area (Å²) in [5.74, 6) is 0.731. The molecule has 5 nitrogen and oxygen atoms in total. The number of amides is 1. The molecule has 0 aliphatic rings. The molecule has 1 aromatic carbocycles. The van der Waals surface area contributed by atoms with Crippen LogP contribution in [0.4, 0.5) is 0 Å². The molecule has 0 saturated heterocycles. The van der Waals surface area contributed by atoms with Crippen molar-refractivity contribution in [1.29, 1.82) is 0 Å². The lowest BCUT2D eigenvalue weighted by Crippen LogP contribution is -2.29. The number of carbonyl (C=O) groups is 1. The third kappa shape index (κ3) is 5.22. The third-order valence-electron chi connectivity index (χ3n) is 5.08. The van der Waals surface area contributed by atoms with Crippen LogP contribution in [-0.2, 0) is 17.8 Å². The van der Waals surface area contributed by atoms with E-state index >= 15 is 0 Å². The molecular weight excluding hydrogens is 404 g/mol. The number of pyridine rings is 1. The lowest BCUT2D eigenvalue weighted by atomic mass is 10.0. The highest BCUT2D eigenvalue weighted by molar-refractivity contribution is 7.09. The standard InChI is InChI=1S/C25H24N4OS/c1-17(14-21-6-5-13-31-21)25(30)28-15-19-8-10-20(11-9-19)24-22(16-27-18(2)29-24)23-7-3-4-12-26-23/h3-13,16-17H,14-15H2,1-2H3,(H,28,30). The molecular formula is C25H24N4OS. The maximum atomic E-state index is 12.4. The van der Waals surface area contributed by atoms with Gasteiger partial charge in [0, 0.05) is 40.9 Å². The molecule has 0 aliphatic carbocycles. The molecule has 0 spiro atoms. The number of thiophene rings is 1. The Balaban J connectivity index is 1.45. The number of carbonyl (C=O) groups excluding carboxylic acids is 1. The molecule has 4 rings (SSSR count). The minimum absolute atomic E-state index is 0.0529. The zero-order valence-electron chi connectivity index (χ0n) is 17.6. The predicted octanol–water partition coefficient (Wildman–Crippen LogP) is 5.07. The first-order valence-corrected chi connectivity index (χ1v) is 11.1. The summed E-state index contributed by atoms with van der Waals surface area (Å²) in [6, 6.07) is 18.0. The fraction of sp³-hybridized carbons (Fsp3) is 0.200. The monoisotopic (exact) mass is 428 g/mol. The summed E-state index contributed by atoms with van der Waals surface area (Å²) < 4.78 is 0. The molecule has 1 unspecified atom stereocenters. The van der Waals surface area contributed by atoms with Gasteiger partial charge in [0.2, 0.25) is 5.91 Å². The van der Waals surface area contributed by atoms with Crippen molar-refractivity contribution < 1.29 is 4.79 Å². The van der Waals surface area contributed by atoms with Crippen LogP contribution in [0.3, 0.4) is 0 Å². The van der Waals surface area contributed by atoms with Gasteiger partial charge in [0.25, 0.3) is 0 Å². The Morgan fingerprint density at radius 2 is 1.90 bits per heavy atom. The average Bonchev–Trinajstić information content (AvgIpc) is 3.31. The Hall–Kier alpha value is -3.38. The summed E-state index contributed by atoms with van der Waals surface area (Å²) in [6.07, 6.45) is 4.36. The molecule has 3 heterocycles. The van der Waals surface area contributed by atoms with E-state index in [-0.39, 0.29) is 11.8 Å². The minimum Gasteiger partial charge on any atom is -0.352 e. The first kappa shape index (κ1) is 20.9. The summed E-state index contributed by atoms with van der Waals surface area (Å²) in [7, 11) is 0. The quantitative estimate of drug-likeness (QED) is 0.446. The number of benzene rings is 1. The highest BCUT2D eigenvalue weighted by Crippen LogP contribution is 2.29. The second kappa shape index (κ2) is 9.62. The van der Waals surface area contributed by atoms with E-state index in [1.807, 2.05) is 74.0 Å². The molecule has 1 atom stereocenters. The van der Waals surface area contributed by atoms with Crippen LogP contribution < -0.4 is 5.32 Å². The predicted molar refractivity (Wildman–Crippen MR) is 124 cm³/mol. The van der Waals surface area contributed by atoms with Crippen LogP contribution >= 0.6 is 11.3 Å². The molecule has 1 N–H and O–H groups in total. The molecule has 0 fully saturated rings. The van der Waals surface area contributed by atoms with Crippen LogP contribution in [0, 0.1) is 12.8 Å². The maximum absolute atomic E-state index is 12.4. The van der Waals surface area contributed by atoms with E-state index in [4.69, 9.17) is 0 Å². The van der Waals surface area contributed by atoms with Crippen LogP contribution in [0.25, 0.3) is 22.5 Å². The van der Waals surface area contributed by atoms with Gasteiger partial charge in [-0.1, -0.05) is 43.3 Å². The van der Waals surface area contributed by atoms with Gasteiger partial charge in [-0.25, -0.2) is 9.97 Å². The number of hydrogen-bond donors (Lipinski definition) is 1. The molecule has 0 saturated carbocycles. The number of aromatic nitrogens is 3. The van der Waals surface area contributed by atoms with E-state index in [1.165, 1.54) is 4.88 Å². The Bertz CT molecular complexity index is 1140. The van der Waals surface area contributed by atoms with E-state index in [2.05, 4.69) is 26.3 Å². The Morgan fingerprint density at radius 1 is 1.06 bits per heavy atom. The van der Waals surface area contributed by atoms with Crippen LogP contribution in [0.5, 0.6) is 0 Å². The van der Waals surface area contributed by atoms with Gasteiger partial charge in [-0.2, -0.15) is 0 Å². The second-order valence-electron chi connectivity index (χ2n) is 7.49. The maximum Gasteiger partial charge on any atom is 0.223 e. The average molecular weight is 429 g/mol. The van der Waals surface area contributed by atoms with Crippen LogP contribution in [0.2, 0.25) is 0 Å². The van der Waals surface area contributed by atoms with Crippen molar-refractivity contribution in [2.24, 2.45) is 5.92 Å². The summed E-state index contributed by atoms with van der Waals surface area (Å²) in [5, 5.41) is 5.09. The lowest BCUT2D eigenvalue weighted by molar-refractivity contribution is -0.124. The van der Waals surface area contributed by atoms with Gasteiger partial charge in [0.05, 0.1) is 11.4 Å². The second-order valence-corrected chi connectivity index (χ2v) is 8.53. The van der Waals surface area contributed by atoms with Crippen molar-refractivity contribution in [3.05, 3.63) is 88.6 Å². The van der Waals surface area contributed by atoms with Crippen LogP contribution in [-0.4, -0.2) is 20.9 Å². The van der Waals surface area contributed by atoms with Crippen molar-refractivity contribution >= 4 is 17.2 Å². The SMILES string of the molecule is Cc1ncc(-c2ccccn2)c(-c2ccc(CNC(=O)C(C)Cc3cccs3)cc2)n1. The van der Waals surface area contributed by atoms with Crippen molar-refractivity contribution in [2.45, 2.75) is 26.8 Å². The number of nitrogens with one attached hydrogen (secondary N) is 1. The topological polar surface area (TPSA) is 67.8 Å². The highest BCUT2D eigenvalue weighted by atomic mass is 32.1. The van der Waals surface area contributed by atoms with Gasteiger partial charge in [0.1, 0.15) is 5.82 Å². The van der Waals surface area contributed by atoms with Gasteiger partial charge in [0.15, 0.2) is 0 Å². The molecule has 6 heteroatoms. The Kier molecular flexibility index (Phi) is 6.48. The molecule has 0 bridgehead atoms. The fourth-order valence-corrected chi connectivity index (χ4v) is 4.20. The van der Waals surface area contributed by atoms with Crippen LogP contribution in [0.15, 0.2) is 72.4 Å². The van der Waals surface area contributed by atoms with Gasteiger partial charge in [-0.3, -0.25) is 9.78 Å². The fourth-order valence-electron chi connectivity index (χ4n) is 3.37. The zero-order chi connectivity index (χ0) is 21.6. The Labute approximate surface area is 186 Å². The summed E-state index contributed by atoms with van der Waals surface area (Å²) in [6.45, 7) is 4.35. The first-order valence-electron chi connectivity index (χ1n) is 10.2. The van der Waals surface area contributed by atoms with Crippen molar-refractivity contribution in [3.63, 3.8) is 0 Å². The van der Waals surface area contributed by atoms with Gasteiger partial charge in [-0.15, -0.1) is 11.3 Å². The highest BCUT2D eigenvalue weighted by Gasteiger charge is 2.14. The summed E-state index contributed by atoms with van der Waals surface area (Å²) in [4.78, 5) is 27.1.